The Bertz CT molecular complexity index is 317. The minimum absolute atomic E-state index is 0.0700. The number of aliphatic hydroxyl groups excluding tert-OH is 1. The predicted molar refractivity (Wildman–Crippen MR) is 61.6 cm³/mol. The summed E-state index contributed by atoms with van der Waals surface area (Å²) >= 11 is 3.49. The molecule has 4 heteroatoms. The summed E-state index contributed by atoms with van der Waals surface area (Å²) in [5, 5.41) is 9.04. The highest BCUT2D eigenvalue weighted by Crippen LogP contribution is 2.26. The van der Waals surface area contributed by atoms with Gasteiger partial charge in [-0.05, 0) is 41.4 Å². The van der Waals surface area contributed by atoms with Gasteiger partial charge >= 0.3 is 0 Å². The van der Waals surface area contributed by atoms with Gasteiger partial charge in [0.05, 0.1) is 17.1 Å². The SMILES string of the molecule is Cc1ccnc(N(C)C(C)CO)c1Br. The van der Waals surface area contributed by atoms with E-state index in [4.69, 9.17) is 5.11 Å². The monoisotopic (exact) mass is 258 g/mol. The van der Waals surface area contributed by atoms with Crippen LogP contribution < -0.4 is 4.90 Å². The molecule has 0 bridgehead atoms. The Morgan fingerprint density at radius 2 is 2.29 bits per heavy atom. The number of aromatic nitrogens is 1. The lowest BCUT2D eigenvalue weighted by atomic mass is 10.2. The number of nitrogens with zero attached hydrogens (tertiary/aromatic N) is 2. The maximum atomic E-state index is 9.04. The molecular formula is C10H15BrN2O. The molecule has 0 fully saturated rings. The van der Waals surface area contributed by atoms with Crippen LogP contribution in [0, 0.1) is 6.92 Å². The first kappa shape index (κ1) is 11.5. The molecule has 0 amide bonds. The highest BCUT2D eigenvalue weighted by atomic mass is 79.9. The number of likely N-dealkylation sites (N-methyl/N-ethyl adjacent to an activating group) is 1. The topological polar surface area (TPSA) is 36.4 Å². The van der Waals surface area contributed by atoms with Gasteiger partial charge in [0.2, 0.25) is 0 Å². The quantitative estimate of drug-likeness (QED) is 0.901. The molecule has 3 nitrogen and oxygen atoms in total. The van der Waals surface area contributed by atoms with Crippen molar-refractivity contribution in [3.05, 3.63) is 22.3 Å². The van der Waals surface area contributed by atoms with Gasteiger partial charge in [0, 0.05) is 13.2 Å². The van der Waals surface area contributed by atoms with Gasteiger partial charge < -0.3 is 10.0 Å². The van der Waals surface area contributed by atoms with Crippen LogP contribution in [0.3, 0.4) is 0 Å². The molecule has 0 saturated heterocycles. The van der Waals surface area contributed by atoms with Gasteiger partial charge in [-0.3, -0.25) is 0 Å². The van der Waals surface area contributed by atoms with E-state index in [1.54, 1.807) is 6.20 Å². The second kappa shape index (κ2) is 4.75. The molecule has 0 aliphatic rings. The van der Waals surface area contributed by atoms with E-state index >= 15 is 0 Å². The summed E-state index contributed by atoms with van der Waals surface area (Å²) in [4.78, 5) is 6.23. The van der Waals surface area contributed by atoms with Gasteiger partial charge in [0.25, 0.3) is 0 Å². The first-order valence-corrected chi connectivity index (χ1v) is 5.32. The van der Waals surface area contributed by atoms with Crippen molar-refractivity contribution in [2.75, 3.05) is 18.6 Å². The Kier molecular flexibility index (Phi) is 3.89. The van der Waals surface area contributed by atoms with Gasteiger partial charge in [0.15, 0.2) is 0 Å². The summed E-state index contributed by atoms with van der Waals surface area (Å²) in [6.07, 6.45) is 1.77. The molecule has 1 aromatic heterocycles. The Morgan fingerprint density at radius 1 is 1.64 bits per heavy atom. The van der Waals surface area contributed by atoms with Crippen LogP contribution in [0.1, 0.15) is 12.5 Å². The van der Waals surface area contributed by atoms with Crippen molar-refractivity contribution in [1.29, 1.82) is 0 Å². The van der Waals surface area contributed by atoms with Crippen LogP contribution in [-0.2, 0) is 0 Å². The van der Waals surface area contributed by atoms with Gasteiger partial charge in [-0.2, -0.15) is 0 Å². The number of hydrogen-bond acceptors (Lipinski definition) is 3. The third-order valence-electron chi connectivity index (χ3n) is 2.32. The molecule has 0 aliphatic carbocycles. The fourth-order valence-electron chi connectivity index (χ4n) is 1.10. The van der Waals surface area contributed by atoms with Crippen molar-refractivity contribution in [3.8, 4) is 0 Å². The Labute approximate surface area is 92.9 Å². The molecule has 1 rings (SSSR count). The number of pyridine rings is 1. The molecule has 1 unspecified atom stereocenters. The molecule has 0 spiro atoms. The van der Waals surface area contributed by atoms with E-state index < -0.39 is 0 Å². The van der Waals surface area contributed by atoms with E-state index in [1.165, 1.54) is 0 Å². The Balaban J connectivity index is 3.01. The molecule has 0 radical (unpaired) electrons. The molecule has 14 heavy (non-hydrogen) atoms. The fourth-order valence-corrected chi connectivity index (χ4v) is 1.62. The summed E-state index contributed by atoms with van der Waals surface area (Å²) in [6.45, 7) is 4.10. The van der Waals surface area contributed by atoms with Gasteiger partial charge in [-0.25, -0.2) is 4.98 Å². The zero-order valence-electron chi connectivity index (χ0n) is 8.66. The van der Waals surface area contributed by atoms with Gasteiger partial charge in [-0.1, -0.05) is 0 Å². The van der Waals surface area contributed by atoms with E-state index in [2.05, 4.69) is 20.9 Å². The minimum Gasteiger partial charge on any atom is -0.394 e. The van der Waals surface area contributed by atoms with Crippen LogP contribution in [0.2, 0.25) is 0 Å². The average Bonchev–Trinajstić information content (AvgIpc) is 2.20. The van der Waals surface area contributed by atoms with E-state index in [1.807, 2.05) is 31.9 Å². The van der Waals surface area contributed by atoms with Gasteiger partial charge in [0.1, 0.15) is 5.82 Å². The number of anilines is 1. The zero-order valence-corrected chi connectivity index (χ0v) is 10.2. The van der Waals surface area contributed by atoms with Crippen molar-refractivity contribution in [2.45, 2.75) is 19.9 Å². The average molecular weight is 259 g/mol. The highest BCUT2D eigenvalue weighted by molar-refractivity contribution is 9.10. The lowest BCUT2D eigenvalue weighted by molar-refractivity contribution is 0.269. The molecule has 78 valence electrons. The lowest BCUT2D eigenvalue weighted by Gasteiger charge is -2.25. The second-order valence-corrected chi connectivity index (χ2v) is 4.20. The normalized spacial score (nSPS) is 12.6. The van der Waals surface area contributed by atoms with E-state index in [0.29, 0.717) is 0 Å². The number of aliphatic hydroxyl groups is 1. The van der Waals surface area contributed by atoms with Crippen molar-refractivity contribution >= 4 is 21.7 Å². The molecular weight excluding hydrogens is 244 g/mol. The summed E-state index contributed by atoms with van der Waals surface area (Å²) in [7, 11) is 1.92. The van der Waals surface area contributed by atoms with Gasteiger partial charge in [-0.15, -0.1) is 0 Å². The van der Waals surface area contributed by atoms with Crippen molar-refractivity contribution < 1.29 is 5.11 Å². The largest absolute Gasteiger partial charge is 0.394 e. The van der Waals surface area contributed by atoms with Crippen LogP contribution in [-0.4, -0.2) is 29.8 Å². The summed E-state index contributed by atoms with van der Waals surface area (Å²) < 4.78 is 0.989. The molecule has 1 aromatic rings. The minimum atomic E-state index is 0.0700. The lowest BCUT2D eigenvalue weighted by Crippen LogP contribution is -2.32. The summed E-state index contributed by atoms with van der Waals surface area (Å²) in [5.41, 5.74) is 1.15. The maximum Gasteiger partial charge on any atom is 0.143 e. The third kappa shape index (κ3) is 2.25. The zero-order chi connectivity index (χ0) is 10.7. The van der Waals surface area contributed by atoms with Crippen LogP contribution in [0.4, 0.5) is 5.82 Å². The van der Waals surface area contributed by atoms with Crippen molar-refractivity contribution in [2.24, 2.45) is 0 Å². The predicted octanol–water partition coefficient (Wildman–Crippen LogP) is 1.97. The number of halogens is 1. The van der Waals surface area contributed by atoms with Crippen molar-refractivity contribution in [1.82, 2.24) is 4.98 Å². The number of rotatable bonds is 3. The van der Waals surface area contributed by atoms with Crippen LogP contribution in [0.5, 0.6) is 0 Å². The molecule has 0 aromatic carbocycles. The fraction of sp³-hybridized carbons (Fsp3) is 0.500. The Morgan fingerprint density at radius 3 is 2.86 bits per heavy atom. The highest BCUT2D eigenvalue weighted by Gasteiger charge is 2.13. The van der Waals surface area contributed by atoms with E-state index in [9.17, 15) is 0 Å². The van der Waals surface area contributed by atoms with Crippen LogP contribution in [0.25, 0.3) is 0 Å². The number of hydrogen-bond donors (Lipinski definition) is 1. The molecule has 1 N–H and O–H groups in total. The van der Waals surface area contributed by atoms with E-state index in [0.717, 1.165) is 15.9 Å². The number of aryl methyl sites for hydroxylation is 1. The first-order valence-electron chi connectivity index (χ1n) is 4.52. The van der Waals surface area contributed by atoms with Crippen molar-refractivity contribution in [3.63, 3.8) is 0 Å². The van der Waals surface area contributed by atoms with Crippen LogP contribution in [0.15, 0.2) is 16.7 Å². The molecule has 1 atom stereocenters. The maximum absolute atomic E-state index is 9.04. The van der Waals surface area contributed by atoms with Crippen LogP contribution >= 0.6 is 15.9 Å². The summed E-state index contributed by atoms with van der Waals surface area (Å²) in [5.74, 6) is 0.867. The second-order valence-electron chi connectivity index (χ2n) is 3.41. The molecule has 0 saturated carbocycles. The Hall–Kier alpha value is -0.610. The van der Waals surface area contributed by atoms with E-state index in [-0.39, 0.29) is 12.6 Å². The first-order chi connectivity index (χ1) is 6.57. The smallest absolute Gasteiger partial charge is 0.143 e. The third-order valence-corrected chi connectivity index (χ3v) is 3.30. The molecule has 0 aliphatic heterocycles. The molecule has 1 heterocycles. The standard InChI is InChI=1S/C10H15BrN2O/c1-7-4-5-12-10(9(7)11)13(3)8(2)6-14/h4-5,8,14H,6H2,1-3H3. The summed E-state index contributed by atoms with van der Waals surface area (Å²) in [6, 6.07) is 2.02.